The van der Waals surface area contributed by atoms with Crippen molar-refractivity contribution in [2.75, 3.05) is 19.8 Å². The Hall–Kier alpha value is -1.71. The van der Waals surface area contributed by atoms with Crippen LogP contribution in [-0.2, 0) is 28.4 Å². The molecule has 11 N–H and O–H groups in total. The number of aliphatic hydroxyl groups is 7. The Bertz CT molecular complexity index is 1300. The Kier molecular flexibility index (Phi) is 18.3. The lowest BCUT2D eigenvalue weighted by Gasteiger charge is -2.45. The number of nitrogens with two attached hydrogens (primary N) is 2. The first kappa shape index (κ1) is 46.0. The van der Waals surface area contributed by atoms with Gasteiger partial charge >= 0.3 is 0 Å². The van der Waals surface area contributed by atoms with E-state index in [1.165, 1.54) is 11.1 Å². The number of nitrogens with zero attached hydrogens (tertiary/aromatic N) is 1. The van der Waals surface area contributed by atoms with Crippen LogP contribution in [0.4, 0.5) is 0 Å². The van der Waals surface area contributed by atoms with Crippen LogP contribution in [0.2, 0.25) is 0 Å². The number of aliphatic imine (C=N–C) groups is 1. The van der Waals surface area contributed by atoms with Gasteiger partial charge in [-0.15, -0.1) is 0 Å². The zero-order valence-electron chi connectivity index (χ0n) is 32.9. The molecule has 0 bridgehead atoms. The summed E-state index contributed by atoms with van der Waals surface area (Å²) in [4.78, 5) is 4.39. The molecule has 3 aliphatic heterocycles. The maximum atomic E-state index is 11.4. The van der Waals surface area contributed by atoms with Crippen molar-refractivity contribution in [1.82, 2.24) is 0 Å². The molecule has 16 nitrogen and oxygen atoms in total. The molecule has 316 valence electrons. The van der Waals surface area contributed by atoms with Gasteiger partial charge in [-0.2, -0.15) is 0 Å². The molecule has 17 atom stereocenters. The Morgan fingerprint density at radius 2 is 1.36 bits per heavy atom. The van der Waals surface area contributed by atoms with E-state index in [1.54, 1.807) is 13.1 Å². The summed E-state index contributed by atoms with van der Waals surface area (Å²) in [6, 6.07) is -1.84. The van der Waals surface area contributed by atoms with Crippen molar-refractivity contribution in [2.24, 2.45) is 22.4 Å². The van der Waals surface area contributed by atoms with Gasteiger partial charge in [0.25, 0.3) is 0 Å². The van der Waals surface area contributed by atoms with Gasteiger partial charge in [0.15, 0.2) is 18.9 Å². The molecule has 4 rings (SSSR count). The number of ether oxygens (including phenoxy) is 6. The van der Waals surface area contributed by atoms with Gasteiger partial charge in [-0.3, -0.25) is 4.99 Å². The molecular formula is C39H67N3O13. The van der Waals surface area contributed by atoms with Gasteiger partial charge in [0.05, 0.1) is 38.0 Å². The van der Waals surface area contributed by atoms with Crippen LogP contribution in [0, 0.1) is 5.92 Å². The molecule has 0 spiro atoms. The molecule has 0 radical (unpaired) electrons. The second-order valence-electron chi connectivity index (χ2n) is 15.9. The first-order valence-corrected chi connectivity index (χ1v) is 19.7. The third-order valence-electron chi connectivity index (χ3n) is 10.9. The summed E-state index contributed by atoms with van der Waals surface area (Å²) in [6.45, 7) is 9.14. The number of rotatable bonds is 17. The van der Waals surface area contributed by atoms with E-state index in [9.17, 15) is 35.7 Å². The van der Waals surface area contributed by atoms with Crippen LogP contribution in [0.5, 0.6) is 0 Å². The Morgan fingerprint density at radius 3 is 2.05 bits per heavy atom. The van der Waals surface area contributed by atoms with E-state index in [1.807, 2.05) is 13.0 Å². The first-order valence-electron chi connectivity index (χ1n) is 19.7. The molecule has 4 aliphatic rings. The molecule has 1 saturated carbocycles. The number of hydrogen-bond acceptors (Lipinski definition) is 16. The minimum Gasteiger partial charge on any atom is -0.394 e. The molecule has 3 saturated heterocycles. The zero-order valence-corrected chi connectivity index (χ0v) is 32.9. The highest BCUT2D eigenvalue weighted by atomic mass is 16.8. The smallest absolute Gasteiger partial charge is 0.187 e. The fraction of sp³-hybridized carbons (Fsp3) is 0.821. The highest BCUT2D eigenvalue weighted by Gasteiger charge is 2.53. The second kappa shape index (κ2) is 21.9. The van der Waals surface area contributed by atoms with E-state index < -0.39 is 111 Å². The molecule has 0 amide bonds. The molecule has 4 fully saturated rings. The van der Waals surface area contributed by atoms with Crippen LogP contribution in [0.25, 0.3) is 0 Å². The fourth-order valence-corrected chi connectivity index (χ4v) is 7.42. The third kappa shape index (κ3) is 12.6. The minimum absolute atomic E-state index is 0.0149. The van der Waals surface area contributed by atoms with Crippen molar-refractivity contribution >= 4 is 6.21 Å². The Balaban J connectivity index is 1.36. The van der Waals surface area contributed by atoms with Crippen molar-refractivity contribution in [1.29, 1.82) is 0 Å². The summed E-state index contributed by atoms with van der Waals surface area (Å²) < 4.78 is 35.9. The maximum Gasteiger partial charge on any atom is 0.187 e. The summed E-state index contributed by atoms with van der Waals surface area (Å²) in [6.07, 6.45) is -3.27. The van der Waals surface area contributed by atoms with Crippen molar-refractivity contribution in [3.8, 4) is 0 Å². The van der Waals surface area contributed by atoms with Crippen molar-refractivity contribution < 1.29 is 64.2 Å². The van der Waals surface area contributed by atoms with Crippen LogP contribution in [0.3, 0.4) is 0 Å². The summed E-state index contributed by atoms with van der Waals surface area (Å²) in [7, 11) is 0. The predicted molar refractivity (Wildman–Crippen MR) is 203 cm³/mol. The van der Waals surface area contributed by atoms with Gasteiger partial charge in [-0.1, -0.05) is 35.8 Å². The summed E-state index contributed by atoms with van der Waals surface area (Å²) in [5.41, 5.74) is 16.5. The lowest BCUT2D eigenvalue weighted by molar-refractivity contribution is -0.297. The van der Waals surface area contributed by atoms with Crippen molar-refractivity contribution in [3.05, 3.63) is 34.9 Å². The SMILES string of the molecule is CC(C)=CCC/C(C)=C/CC/C(C)=C/C=N/CC1OC(OC2C(CO)OC(OC3C(O)C(C)CC(N)C3OC3CCC(O)C(CO)O3)C2O)C(N)C(O)C1O. The standard InChI is InChI=1S/C39H67N3O13/c1-20(2)8-6-9-21(3)10-7-11-22(4)14-15-42-17-26-32(47)33(48)30(41)38(51-26)54-36-28(19-44)52-39(34(36)49)55-37-31(46)23(5)16-24(40)35(37)53-29-13-12-25(45)27(18-43)50-29/h8,10,14-15,23-39,43-49H,6-7,9,11-13,16-19,40-41H2,1-5H3/b21-10+,22-14+,42-15+. The van der Waals surface area contributed by atoms with Crippen LogP contribution < -0.4 is 11.5 Å². The fourth-order valence-electron chi connectivity index (χ4n) is 7.42. The lowest BCUT2D eigenvalue weighted by Crippen LogP contribution is -2.63. The third-order valence-corrected chi connectivity index (χ3v) is 10.9. The lowest BCUT2D eigenvalue weighted by atomic mass is 9.80. The number of hydrogen-bond donors (Lipinski definition) is 9. The average Bonchev–Trinajstić information content (AvgIpc) is 3.44. The average molecular weight is 786 g/mol. The number of aliphatic hydroxyl groups excluding tert-OH is 7. The van der Waals surface area contributed by atoms with Gasteiger partial charge < -0.3 is 75.6 Å². The summed E-state index contributed by atoms with van der Waals surface area (Å²) in [5.74, 6) is -0.312. The summed E-state index contributed by atoms with van der Waals surface area (Å²) >= 11 is 0. The van der Waals surface area contributed by atoms with E-state index >= 15 is 0 Å². The molecule has 16 heteroatoms. The normalized spacial score (nSPS) is 41.9. The molecule has 0 aromatic carbocycles. The number of allylic oxidation sites excluding steroid dienone is 6. The summed E-state index contributed by atoms with van der Waals surface area (Å²) in [5, 5.41) is 74.1. The highest BCUT2D eigenvalue weighted by Crippen LogP contribution is 2.36. The van der Waals surface area contributed by atoms with E-state index in [4.69, 9.17) is 39.9 Å². The monoisotopic (exact) mass is 785 g/mol. The second-order valence-corrected chi connectivity index (χ2v) is 15.9. The van der Waals surface area contributed by atoms with Crippen molar-refractivity contribution in [3.63, 3.8) is 0 Å². The quantitative estimate of drug-likeness (QED) is 0.0698. The van der Waals surface area contributed by atoms with Crippen LogP contribution in [0.15, 0.2) is 39.9 Å². The van der Waals surface area contributed by atoms with Gasteiger partial charge in [-0.25, -0.2) is 0 Å². The van der Waals surface area contributed by atoms with Gasteiger partial charge in [0.2, 0.25) is 0 Å². The zero-order chi connectivity index (χ0) is 40.4. The largest absolute Gasteiger partial charge is 0.394 e. The Labute approximate surface area is 324 Å². The Morgan fingerprint density at radius 1 is 0.709 bits per heavy atom. The van der Waals surface area contributed by atoms with Crippen LogP contribution >= 0.6 is 0 Å². The topological polar surface area (TPSA) is 261 Å². The molecule has 55 heavy (non-hydrogen) atoms. The first-order chi connectivity index (χ1) is 26.1. The highest BCUT2D eigenvalue weighted by molar-refractivity contribution is 5.72. The molecular weight excluding hydrogens is 718 g/mol. The molecule has 1 aliphatic carbocycles. The maximum absolute atomic E-state index is 11.4. The van der Waals surface area contributed by atoms with E-state index in [2.05, 4.69) is 37.9 Å². The van der Waals surface area contributed by atoms with Crippen molar-refractivity contribution in [2.45, 2.75) is 178 Å². The van der Waals surface area contributed by atoms with Crippen LogP contribution in [-0.4, -0.2) is 160 Å². The van der Waals surface area contributed by atoms with Gasteiger partial charge in [0.1, 0.15) is 54.9 Å². The predicted octanol–water partition coefficient (Wildman–Crippen LogP) is 0.0704. The van der Waals surface area contributed by atoms with Gasteiger partial charge in [-0.05, 0) is 78.2 Å². The van der Waals surface area contributed by atoms with E-state index in [0.717, 1.165) is 31.3 Å². The molecule has 17 unspecified atom stereocenters. The van der Waals surface area contributed by atoms with E-state index in [0.29, 0.717) is 19.3 Å². The molecule has 3 heterocycles. The van der Waals surface area contributed by atoms with Gasteiger partial charge in [0, 0.05) is 18.7 Å². The minimum atomic E-state index is -1.53. The van der Waals surface area contributed by atoms with Crippen LogP contribution in [0.1, 0.15) is 79.6 Å². The molecule has 0 aromatic heterocycles. The van der Waals surface area contributed by atoms with E-state index in [-0.39, 0.29) is 12.5 Å². The molecule has 0 aromatic rings.